The van der Waals surface area contributed by atoms with Gasteiger partial charge >= 0.3 is 0 Å². The number of nitrogens with two attached hydrogens (primary N) is 1. The Labute approximate surface area is 114 Å². The molecule has 0 bridgehead atoms. The van der Waals surface area contributed by atoms with Crippen LogP contribution in [0.4, 0.5) is 5.69 Å². The molecule has 0 unspecified atom stereocenters. The monoisotopic (exact) mass is 283 g/mol. The summed E-state index contributed by atoms with van der Waals surface area (Å²) < 4.78 is 1.64. The largest absolute Gasteiger partial charge is 0.396 e. The third-order valence-corrected chi connectivity index (χ3v) is 3.14. The van der Waals surface area contributed by atoms with Gasteiger partial charge in [0.25, 0.3) is 0 Å². The van der Waals surface area contributed by atoms with Gasteiger partial charge in [0.1, 0.15) is 0 Å². The normalized spacial score (nSPS) is 10.6. The Balaban J connectivity index is 2.24. The Morgan fingerprint density at radius 1 is 1.39 bits per heavy atom. The summed E-state index contributed by atoms with van der Waals surface area (Å²) in [6, 6.07) is 4.83. The van der Waals surface area contributed by atoms with Crippen molar-refractivity contribution in [1.29, 1.82) is 0 Å². The van der Waals surface area contributed by atoms with Gasteiger partial charge in [-0.1, -0.05) is 23.2 Å². The molecule has 0 aliphatic heterocycles. The van der Waals surface area contributed by atoms with Crippen LogP contribution in [-0.4, -0.2) is 15.6 Å². The molecule has 94 valence electrons. The number of hydrogen-bond acceptors (Lipinski definition) is 3. The van der Waals surface area contributed by atoms with Crippen LogP contribution in [0, 0.1) is 0 Å². The van der Waals surface area contributed by atoms with E-state index < -0.39 is 0 Å². The van der Waals surface area contributed by atoms with Crippen molar-refractivity contribution in [2.45, 2.75) is 6.42 Å². The average Bonchev–Trinajstić information content (AvgIpc) is 2.71. The third-order valence-electron chi connectivity index (χ3n) is 2.51. The number of nitrogen functional groups attached to an aromatic ring is 1. The number of rotatable bonds is 3. The lowest BCUT2D eigenvalue weighted by Crippen LogP contribution is -2.05. The minimum Gasteiger partial charge on any atom is -0.396 e. The molecule has 0 aliphatic rings. The number of aryl methyl sites for hydroxylation is 1. The van der Waals surface area contributed by atoms with Crippen LogP contribution in [0.2, 0.25) is 10.0 Å². The first kappa shape index (κ1) is 12.9. The first-order chi connectivity index (χ1) is 8.47. The molecule has 0 fully saturated rings. The van der Waals surface area contributed by atoms with Gasteiger partial charge in [-0.3, -0.25) is 9.48 Å². The lowest BCUT2D eigenvalue weighted by atomic mass is 10.1. The number of benzene rings is 1. The van der Waals surface area contributed by atoms with E-state index in [9.17, 15) is 4.79 Å². The fraction of sp³-hybridized carbons (Fsp3) is 0.167. The number of anilines is 1. The quantitative estimate of drug-likeness (QED) is 0.696. The van der Waals surface area contributed by atoms with Crippen molar-refractivity contribution in [2.75, 3.05) is 5.73 Å². The maximum absolute atomic E-state index is 12.0. The van der Waals surface area contributed by atoms with Crippen molar-refractivity contribution in [3.63, 3.8) is 0 Å². The van der Waals surface area contributed by atoms with Crippen molar-refractivity contribution in [3.8, 4) is 0 Å². The van der Waals surface area contributed by atoms with E-state index in [0.29, 0.717) is 11.3 Å². The molecule has 2 N–H and O–H groups in total. The van der Waals surface area contributed by atoms with Gasteiger partial charge in [-0.25, -0.2) is 0 Å². The van der Waals surface area contributed by atoms with Crippen LogP contribution in [0.15, 0.2) is 24.4 Å². The molecule has 0 saturated heterocycles. The minimum absolute atomic E-state index is 0.0995. The minimum atomic E-state index is -0.0995. The molecule has 18 heavy (non-hydrogen) atoms. The van der Waals surface area contributed by atoms with Gasteiger partial charge in [-0.05, 0) is 18.2 Å². The Morgan fingerprint density at radius 2 is 2.00 bits per heavy atom. The Morgan fingerprint density at radius 3 is 2.50 bits per heavy atom. The van der Waals surface area contributed by atoms with Gasteiger partial charge in [0.2, 0.25) is 0 Å². The predicted octanol–water partition coefficient (Wildman–Crippen LogP) is 2.73. The average molecular weight is 284 g/mol. The molecule has 1 aromatic heterocycles. The Hall–Kier alpha value is -1.52. The number of aromatic nitrogens is 2. The van der Waals surface area contributed by atoms with Gasteiger partial charge in [0.05, 0.1) is 27.8 Å². The molecular weight excluding hydrogens is 273 g/mol. The van der Waals surface area contributed by atoms with E-state index in [4.69, 9.17) is 28.9 Å². The first-order valence-electron chi connectivity index (χ1n) is 5.23. The molecule has 1 aromatic carbocycles. The lowest BCUT2D eigenvalue weighted by molar-refractivity contribution is 0.0992. The number of nitrogens with zero attached hydrogens (tertiary/aromatic N) is 2. The van der Waals surface area contributed by atoms with E-state index in [2.05, 4.69) is 5.10 Å². The molecule has 4 nitrogen and oxygen atoms in total. The van der Waals surface area contributed by atoms with E-state index in [1.54, 1.807) is 24.0 Å². The van der Waals surface area contributed by atoms with E-state index in [1.807, 2.05) is 0 Å². The smallest absolute Gasteiger partial charge is 0.168 e. The number of Topliss-reactive ketones (excluding diaryl/α,β-unsaturated/α-hetero) is 1. The van der Waals surface area contributed by atoms with Gasteiger partial charge in [0.15, 0.2) is 5.78 Å². The van der Waals surface area contributed by atoms with Crippen molar-refractivity contribution in [2.24, 2.45) is 7.05 Å². The molecule has 1 heterocycles. The second-order valence-corrected chi connectivity index (χ2v) is 4.75. The van der Waals surface area contributed by atoms with Crippen molar-refractivity contribution in [1.82, 2.24) is 9.78 Å². The summed E-state index contributed by atoms with van der Waals surface area (Å²) in [6.07, 6.45) is 1.99. The van der Waals surface area contributed by atoms with Crippen LogP contribution >= 0.6 is 23.2 Å². The van der Waals surface area contributed by atoms with Crippen LogP contribution in [0.1, 0.15) is 16.1 Å². The molecule has 2 rings (SSSR count). The van der Waals surface area contributed by atoms with Crippen LogP contribution in [0.25, 0.3) is 0 Å². The molecular formula is C12H11Cl2N3O. The van der Waals surface area contributed by atoms with Gasteiger partial charge < -0.3 is 5.73 Å². The number of hydrogen-bond donors (Lipinski definition) is 1. The number of carbonyl (C=O) groups excluding carboxylic acids is 1. The van der Waals surface area contributed by atoms with E-state index >= 15 is 0 Å². The van der Waals surface area contributed by atoms with Gasteiger partial charge in [0, 0.05) is 18.8 Å². The molecule has 0 aliphatic carbocycles. The van der Waals surface area contributed by atoms with Gasteiger partial charge in [-0.2, -0.15) is 5.10 Å². The van der Waals surface area contributed by atoms with Crippen LogP contribution in [-0.2, 0) is 13.5 Å². The summed E-state index contributed by atoms with van der Waals surface area (Å²) in [5, 5.41) is 4.71. The zero-order valence-corrected chi connectivity index (χ0v) is 11.2. The van der Waals surface area contributed by atoms with E-state index in [0.717, 1.165) is 0 Å². The highest BCUT2D eigenvalue weighted by Crippen LogP contribution is 2.29. The summed E-state index contributed by atoms with van der Waals surface area (Å²) in [5.74, 6) is -0.0995. The lowest BCUT2D eigenvalue weighted by Gasteiger charge is -2.05. The highest BCUT2D eigenvalue weighted by atomic mass is 35.5. The topological polar surface area (TPSA) is 60.9 Å². The van der Waals surface area contributed by atoms with E-state index in [-0.39, 0.29) is 27.9 Å². The molecule has 0 radical (unpaired) electrons. The predicted molar refractivity (Wildman–Crippen MR) is 72.1 cm³/mol. The number of halogens is 2. The molecule has 0 spiro atoms. The van der Waals surface area contributed by atoms with Gasteiger partial charge in [-0.15, -0.1) is 0 Å². The summed E-state index contributed by atoms with van der Waals surface area (Å²) in [7, 11) is 1.80. The molecule has 0 atom stereocenters. The summed E-state index contributed by atoms with van der Waals surface area (Å²) in [5.41, 5.74) is 7.04. The molecule has 2 aromatic rings. The van der Waals surface area contributed by atoms with Crippen LogP contribution < -0.4 is 5.73 Å². The molecule has 6 heteroatoms. The standard InChI is InChI=1S/C12H11Cl2N3O/c1-17-3-2-8(16-17)6-11(18)7-4-9(13)12(15)10(14)5-7/h2-5H,6,15H2,1H3. The van der Waals surface area contributed by atoms with Crippen molar-refractivity contribution >= 4 is 34.7 Å². The summed E-state index contributed by atoms with van der Waals surface area (Å²) in [6.45, 7) is 0. The maximum atomic E-state index is 12.0. The molecule has 0 amide bonds. The fourth-order valence-electron chi connectivity index (χ4n) is 1.57. The maximum Gasteiger partial charge on any atom is 0.168 e. The summed E-state index contributed by atoms with van der Waals surface area (Å²) in [4.78, 5) is 12.0. The van der Waals surface area contributed by atoms with Crippen molar-refractivity contribution in [3.05, 3.63) is 45.7 Å². The third kappa shape index (κ3) is 2.66. The second-order valence-electron chi connectivity index (χ2n) is 3.93. The zero-order valence-electron chi connectivity index (χ0n) is 9.65. The number of carbonyl (C=O) groups is 1. The first-order valence-corrected chi connectivity index (χ1v) is 5.99. The Kier molecular flexibility index (Phi) is 3.59. The van der Waals surface area contributed by atoms with Crippen LogP contribution in [0.3, 0.4) is 0 Å². The summed E-state index contributed by atoms with van der Waals surface area (Å²) >= 11 is 11.8. The van der Waals surface area contributed by atoms with Crippen molar-refractivity contribution < 1.29 is 4.79 Å². The molecule has 0 saturated carbocycles. The highest BCUT2D eigenvalue weighted by Gasteiger charge is 2.13. The second kappa shape index (κ2) is 5.00. The Bertz CT molecular complexity index is 584. The zero-order chi connectivity index (χ0) is 13.3. The number of ketones is 1. The highest BCUT2D eigenvalue weighted by molar-refractivity contribution is 6.39. The van der Waals surface area contributed by atoms with Crippen LogP contribution in [0.5, 0.6) is 0 Å². The SMILES string of the molecule is Cn1ccc(CC(=O)c2cc(Cl)c(N)c(Cl)c2)n1. The van der Waals surface area contributed by atoms with E-state index in [1.165, 1.54) is 12.1 Å². The fourth-order valence-corrected chi connectivity index (χ4v) is 2.06.